The fourth-order valence-electron chi connectivity index (χ4n) is 4.89. The normalized spacial score (nSPS) is 13.1. The van der Waals surface area contributed by atoms with E-state index in [1.54, 1.807) is 31.6 Å². The molecule has 0 aliphatic rings. The van der Waals surface area contributed by atoms with E-state index in [-0.39, 0.29) is 43.1 Å². The van der Waals surface area contributed by atoms with E-state index in [0.29, 0.717) is 12.1 Å². The minimum atomic E-state index is -3.55. The van der Waals surface area contributed by atoms with E-state index in [0.717, 1.165) is 34.0 Å². The molecular weight excluding hydrogens is 534 g/mol. The molecule has 0 aliphatic heterocycles. The van der Waals surface area contributed by atoms with Crippen LogP contribution in [0.25, 0.3) is 10.8 Å². The van der Waals surface area contributed by atoms with Gasteiger partial charge < -0.3 is 9.88 Å². The first-order valence-corrected chi connectivity index (χ1v) is 15.6. The van der Waals surface area contributed by atoms with E-state index in [9.17, 15) is 13.2 Å². The maximum atomic E-state index is 13.3. The number of fused-ring (bicyclic) bond motifs is 1. The van der Waals surface area contributed by atoms with Gasteiger partial charge in [-0.25, -0.2) is 13.4 Å². The highest BCUT2D eigenvalue weighted by Gasteiger charge is 2.28. The van der Waals surface area contributed by atoms with Gasteiger partial charge in [0.05, 0.1) is 30.1 Å². The molecule has 1 aromatic heterocycles. The molecule has 41 heavy (non-hydrogen) atoms. The molecule has 0 unspecified atom stereocenters. The van der Waals surface area contributed by atoms with Crippen molar-refractivity contribution in [2.45, 2.75) is 52.7 Å². The van der Waals surface area contributed by atoms with Gasteiger partial charge in [0.1, 0.15) is 0 Å². The van der Waals surface area contributed by atoms with Crippen LogP contribution >= 0.6 is 0 Å². The molecule has 0 aliphatic carbocycles. The Labute approximate surface area is 242 Å². The van der Waals surface area contributed by atoms with Gasteiger partial charge in [0.2, 0.25) is 15.9 Å². The summed E-state index contributed by atoms with van der Waals surface area (Å²) < 4.78 is 30.0. The number of nitriles is 1. The molecule has 9 heteroatoms. The van der Waals surface area contributed by atoms with Crippen LogP contribution in [0.4, 0.5) is 0 Å². The number of carbonyl (C=O) groups is 1. The molecule has 4 rings (SSSR count). The van der Waals surface area contributed by atoms with E-state index in [1.807, 2.05) is 73.0 Å². The second kappa shape index (κ2) is 13.6. The first-order chi connectivity index (χ1) is 19.7. The largest absolute Gasteiger partial charge is 0.351 e. The summed E-state index contributed by atoms with van der Waals surface area (Å²) in [4.78, 5) is 17.5. The SMILES string of the molecule is CC[C@H](C)[C@@H](CN(Cc1cccc2ccccc12)S(=O)(=O)CC)NC(=O)Cc1cncn1Cc1ccc(C#N)cc1. The standard InChI is InChI=1S/C32H37N5O3S/c1-4-24(3)31(22-37(41(39,40)5-2)21-28-11-8-10-27-9-6-7-12-30(27)28)35-32(38)17-29-19-34-23-36(29)20-26-15-13-25(18-33)14-16-26/h6-16,19,23-24,31H,4-5,17,20-22H2,1-3H3,(H,35,38)/t24-,31+/m0/s1. The molecule has 3 aromatic carbocycles. The second-order valence-electron chi connectivity index (χ2n) is 10.4. The Balaban J connectivity index is 1.51. The molecule has 2 atom stereocenters. The highest BCUT2D eigenvalue weighted by Crippen LogP contribution is 2.23. The monoisotopic (exact) mass is 571 g/mol. The molecule has 1 amide bonds. The quantitative estimate of drug-likeness (QED) is 0.246. The smallest absolute Gasteiger partial charge is 0.226 e. The number of rotatable bonds is 13. The lowest BCUT2D eigenvalue weighted by Gasteiger charge is -2.31. The topological polar surface area (TPSA) is 108 Å². The molecule has 0 saturated heterocycles. The van der Waals surface area contributed by atoms with Gasteiger partial charge in [-0.1, -0.05) is 74.9 Å². The molecule has 4 aromatic rings. The predicted molar refractivity (Wildman–Crippen MR) is 161 cm³/mol. The summed E-state index contributed by atoms with van der Waals surface area (Å²) in [6.45, 7) is 6.67. The number of carbonyl (C=O) groups excluding carboxylic acids is 1. The van der Waals surface area contributed by atoms with Crippen LogP contribution in [0.1, 0.15) is 49.6 Å². The van der Waals surface area contributed by atoms with Gasteiger partial charge >= 0.3 is 0 Å². The van der Waals surface area contributed by atoms with Crippen molar-refractivity contribution < 1.29 is 13.2 Å². The van der Waals surface area contributed by atoms with Crippen molar-refractivity contribution in [1.29, 1.82) is 5.26 Å². The molecule has 214 valence electrons. The Bertz CT molecular complexity index is 1620. The van der Waals surface area contributed by atoms with Crippen molar-refractivity contribution in [1.82, 2.24) is 19.2 Å². The zero-order valence-electron chi connectivity index (χ0n) is 23.8. The number of aromatic nitrogens is 2. The summed E-state index contributed by atoms with van der Waals surface area (Å²) in [6.07, 6.45) is 4.27. The van der Waals surface area contributed by atoms with Crippen LogP contribution in [0.5, 0.6) is 0 Å². The summed E-state index contributed by atoms with van der Waals surface area (Å²) >= 11 is 0. The zero-order valence-corrected chi connectivity index (χ0v) is 24.6. The number of imidazole rings is 1. The molecule has 1 N–H and O–H groups in total. The Kier molecular flexibility index (Phi) is 9.92. The molecule has 0 bridgehead atoms. The summed E-state index contributed by atoms with van der Waals surface area (Å²) in [5.41, 5.74) is 3.27. The fraction of sp³-hybridized carbons (Fsp3) is 0.344. The minimum Gasteiger partial charge on any atom is -0.351 e. The predicted octanol–water partition coefficient (Wildman–Crippen LogP) is 4.88. The van der Waals surface area contributed by atoms with Crippen LogP contribution in [0, 0.1) is 17.2 Å². The lowest BCUT2D eigenvalue weighted by molar-refractivity contribution is -0.121. The van der Waals surface area contributed by atoms with Gasteiger partial charge in [0, 0.05) is 37.6 Å². The van der Waals surface area contributed by atoms with E-state index in [1.165, 1.54) is 4.31 Å². The van der Waals surface area contributed by atoms with E-state index in [2.05, 4.69) is 16.4 Å². The number of sulfonamides is 1. The van der Waals surface area contributed by atoms with Gasteiger partial charge in [-0.3, -0.25) is 4.79 Å². The molecule has 8 nitrogen and oxygen atoms in total. The third-order valence-corrected chi connectivity index (χ3v) is 9.43. The average Bonchev–Trinajstić information content (AvgIpc) is 3.42. The molecule has 0 radical (unpaired) electrons. The summed E-state index contributed by atoms with van der Waals surface area (Å²) in [5, 5.41) is 14.3. The molecule has 1 heterocycles. The van der Waals surface area contributed by atoms with Crippen molar-refractivity contribution in [3.05, 3.63) is 102 Å². The fourth-order valence-corrected chi connectivity index (χ4v) is 5.98. The summed E-state index contributed by atoms with van der Waals surface area (Å²) in [7, 11) is -3.55. The lowest BCUT2D eigenvalue weighted by Crippen LogP contribution is -2.49. The first kappa shape index (κ1) is 30.0. The Morgan fingerprint density at radius 3 is 2.51 bits per heavy atom. The minimum absolute atomic E-state index is 0.0204. The van der Waals surface area contributed by atoms with Crippen LogP contribution in [0.15, 0.2) is 79.3 Å². The number of hydrogen-bond acceptors (Lipinski definition) is 5. The highest BCUT2D eigenvalue weighted by molar-refractivity contribution is 7.89. The van der Waals surface area contributed by atoms with Crippen molar-refractivity contribution >= 4 is 26.7 Å². The third kappa shape index (κ3) is 7.60. The van der Waals surface area contributed by atoms with Crippen molar-refractivity contribution in [2.75, 3.05) is 12.3 Å². The molecule has 0 spiro atoms. The maximum Gasteiger partial charge on any atom is 0.226 e. The van der Waals surface area contributed by atoms with Crippen LogP contribution in [0.3, 0.4) is 0 Å². The Morgan fingerprint density at radius 2 is 1.80 bits per heavy atom. The highest BCUT2D eigenvalue weighted by atomic mass is 32.2. The van der Waals surface area contributed by atoms with Crippen molar-refractivity contribution in [3.63, 3.8) is 0 Å². The van der Waals surface area contributed by atoms with Crippen LogP contribution < -0.4 is 5.32 Å². The second-order valence-corrected chi connectivity index (χ2v) is 12.6. The summed E-state index contributed by atoms with van der Waals surface area (Å²) in [5.74, 6) is -0.145. The third-order valence-electron chi connectivity index (χ3n) is 7.64. The average molecular weight is 572 g/mol. The Morgan fingerprint density at radius 1 is 1.07 bits per heavy atom. The molecule has 0 saturated carbocycles. The number of hydrogen-bond donors (Lipinski definition) is 1. The van der Waals surface area contributed by atoms with Crippen LogP contribution in [-0.2, 0) is 34.3 Å². The Hall–Kier alpha value is -4.00. The maximum absolute atomic E-state index is 13.3. The van der Waals surface area contributed by atoms with Crippen molar-refractivity contribution in [3.8, 4) is 6.07 Å². The van der Waals surface area contributed by atoms with E-state index < -0.39 is 10.0 Å². The van der Waals surface area contributed by atoms with Gasteiger partial charge in [0.25, 0.3) is 0 Å². The van der Waals surface area contributed by atoms with E-state index in [4.69, 9.17) is 5.26 Å². The van der Waals surface area contributed by atoms with Crippen molar-refractivity contribution in [2.24, 2.45) is 5.92 Å². The number of benzene rings is 3. The zero-order chi connectivity index (χ0) is 29.4. The summed E-state index contributed by atoms with van der Waals surface area (Å²) in [6, 6.07) is 23.0. The van der Waals surface area contributed by atoms with Gasteiger partial charge in [-0.15, -0.1) is 0 Å². The number of amides is 1. The van der Waals surface area contributed by atoms with Gasteiger partial charge in [-0.05, 0) is 46.9 Å². The van der Waals surface area contributed by atoms with Gasteiger partial charge in [0.15, 0.2) is 0 Å². The number of nitrogens with zero attached hydrogens (tertiary/aromatic N) is 4. The van der Waals surface area contributed by atoms with E-state index >= 15 is 0 Å². The lowest BCUT2D eigenvalue weighted by atomic mass is 9.98. The number of nitrogens with one attached hydrogen (secondary N) is 1. The first-order valence-electron chi connectivity index (χ1n) is 14.0. The van der Waals surface area contributed by atoms with Gasteiger partial charge in [-0.2, -0.15) is 9.57 Å². The van der Waals surface area contributed by atoms with Crippen LogP contribution in [-0.4, -0.2) is 46.5 Å². The van der Waals surface area contributed by atoms with Crippen LogP contribution in [0.2, 0.25) is 0 Å². The molecule has 0 fully saturated rings. The molecular formula is C32H37N5O3S.